The van der Waals surface area contributed by atoms with E-state index in [2.05, 4.69) is 29.1 Å². The third kappa shape index (κ3) is 4.21. The van der Waals surface area contributed by atoms with Gasteiger partial charge < -0.3 is 14.8 Å². The van der Waals surface area contributed by atoms with E-state index in [0.29, 0.717) is 24.9 Å². The SMILES string of the molecule is CCOc1ncccc1-c1cc(NCc2ccnc(OC)c2)c2c(n1)c(C)nn2C(C)C. The number of ether oxygens (including phenoxy) is 2. The summed E-state index contributed by atoms with van der Waals surface area (Å²) in [7, 11) is 1.62. The van der Waals surface area contributed by atoms with Crippen molar-refractivity contribution in [1.29, 1.82) is 0 Å². The molecule has 0 bridgehead atoms. The second-order valence-corrected chi connectivity index (χ2v) is 7.73. The Morgan fingerprint density at radius 3 is 2.72 bits per heavy atom. The number of pyridine rings is 3. The maximum absolute atomic E-state index is 5.76. The molecule has 0 unspecified atom stereocenters. The van der Waals surface area contributed by atoms with Crippen molar-refractivity contribution < 1.29 is 9.47 Å². The molecule has 4 rings (SSSR count). The van der Waals surface area contributed by atoms with Gasteiger partial charge in [0, 0.05) is 31.0 Å². The van der Waals surface area contributed by atoms with Crippen LogP contribution in [-0.4, -0.2) is 38.4 Å². The van der Waals surface area contributed by atoms with E-state index in [1.54, 1.807) is 19.5 Å². The molecular formula is C24H28N6O2. The molecule has 0 spiro atoms. The summed E-state index contributed by atoms with van der Waals surface area (Å²) in [4.78, 5) is 13.5. The molecule has 0 aliphatic carbocycles. The highest BCUT2D eigenvalue weighted by molar-refractivity contribution is 5.93. The van der Waals surface area contributed by atoms with Gasteiger partial charge in [0.05, 0.1) is 36.4 Å². The van der Waals surface area contributed by atoms with Crippen LogP contribution < -0.4 is 14.8 Å². The molecule has 4 aromatic rings. The van der Waals surface area contributed by atoms with Crippen LogP contribution in [0.1, 0.15) is 38.1 Å². The molecule has 0 aliphatic rings. The predicted molar refractivity (Wildman–Crippen MR) is 125 cm³/mol. The van der Waals surface area contributed by atoms with Crippen molar-refractivity contribution in [2.45, 2.75) is 40.3 Å². The Labute approximate surface area is 187 Å². The molecule has 0 amide bonds. The summed E-state index contributed by atoms with van der Waals surface area (Å²) in [5.41, 5.74) is 6.36. The normalized spacial score (nSPS) is 11.2. The van der Waals surface area contributed by atoms with Crippen molar-refractivity contribution in [1.82, 2.24) is 24.7 Å². The number of aromatic nitrogens is 5. The van der Waals surface area contributed by atoms with Crippen LogP contribution >= 0.6 is 0 Å². The van der Waals surface area contributed by atoms with Gasteiger partial charge in [0.1, 0.15) is 11.0 Å². The second-order valence-electron chi connectivity index (χ2n) is 7.73. The fourth-order valence-electron chi connectivity index (χ4n) is 3.63. The number of fused-ring (bicyclic) bond motifs is 1. The van der Waals surface area contributed by atoms with Crippen LogP contribution in [0.15, 0.2) is 42.7 Å². The third-order valence-corrected chi connectivity index (χ3v) is 5.13. The van der Waals surface area contributed by atoms with E-state index >= 15 is 0 Å². The van der Waals surface area contributed by atoms with Gasteiger partial charge in [0.15, 0.2) is 0 Å². The van der Waals surface area contributed by atoms with Gasteiger partial charge in [-0.05, 0) is 57.5 Å². The highest BCUT2D eigenvalue weighted by atomic mass is 16.5. The van der Waals surface area contributed by atoms with Crippen LogP contribution in [0.3, 0.4) is 0 Å². The Hall–Kier alpha value is -3.68. The molecule has 0 atom stereocenters. The molecule has 0 aliphatic heterocycles. The quantitative estimate of drug-likeness (QED) is 0.428. The van der Waals surface area contributed by atoms with Gasteiger partial charge in [0.25, 0.3) is 0 Å². The Morgan fingerprint density at radius 2 is 1.97 bits per heavy atom. The number of nitrogens with zero attached hydrogens (tertiary/aromatic N) is 5. The summed E-state index contributed by atoms with van der Waals surface area (Å²) >= 11 is 0. The minimum Gasteiger partial charge on any atom is -0.481 e. The van der Waals surface area contributed by atoms with Gasteiger partial charge in [0.2, 0.25) is 11.8 Å². The molecule has 8 heteroatoms. The molecule has 0 saturated heterocycles. The fraction of sp³-hybridized carbons (Fsp3) is 0.333. The molecule has 0 saturated carbocycles. The lowest BCUT2D eigenvalue weighted by Crippen LogP contribution is -2.07. The molecule has 4 aromatic heterocycles. The Kier molecular flexibility index (Phi) is 6.20. The van der Waals surface area contributed by atoms with Crippen LogP contribution in [0.5, 0.6) is 11.8 Å². The van der Waals surface area contributed by atoms with Crippen molar-refractivity contribution in [2.75, 3.05) is 19.0 Å². The van der Waals surface area contributed by atoms with Crippen LogP contribution in [0.25, 0.3) is 22.3 Å². The summed E-state index contributed by atoms with van der Waals surface area (Å²) in [6.07, 6.45) is 3.47. The minimum atomic E-state index is 0.192. The topological polar surface area (TPSA) is 87.0 Å². The maximum Gasteiger partial charge on any atom is 0.222 e. The number of hydrogen-bond acceptors (Lipinski definition) is 7. The maximum atomic E-state index is 5.76. The van der Waals surface area contributed by atoms with Gasteiger partial charge in [-0.3, -0.25) is 4.68 Å². The summed E-state index contributed by atoms with van der Waals surface area (Å²) in [5.74, 6) is 1.16. The zero-order chi connectivity index (χ0) is 22.7. The van der Waals surface area contributed by atoms with Gasteiger partial charge in [-0.25, -0.2) is 15.0 Å². The van der Waals surface area contributed by atoms with Crippen LogP contribution in [0, 0.1) is 6.92 Å². The van der Waals surface area contributed by atoms with Crippen LogP contribution in [0.2, 0.25) is 0 Å². The van der Waals surface area contributed by atoms with Crippen molar-refractivity contribution in [2.24, 2.45) is 0 Å². The first-order valence-electron chi connectivity index (χ1n) is 10.7. The van der Waals surface area contributed by atoms with Crippen molar-refractivity contribution in [3.8, 4) is 23.0 Å². The molecule has 0 radical (unpaired) electrons. The van der Waals surface area contributed by atoms with Gasteiger partial charge in [-0.2, -0.15) is 5.10 Å². The Bertz CT molecular complexity index is 1230. The predicted octanol–water partition coefficient (Wildman–Crippen LogP) is 4.80. The van der Waals surface area contributed by atoms with E-state index in [-0.39, 0.29) is 6.04 Å². The van der Waals surface area contributed by atoms with Crippen molar-refractivity contribution in [3.05, 3.63) is 54.0 Å². The van der Waals surface area contributed by atoms with E-state index in [4.69, 9.17) is 19.6 Å². The number of nitrogens with one attached hydrogen (secondary N) is 1. The monoisotopic (exact) mass is 432 g/mol. The lowest BCUT2D eigenvalue weighted by Gasteiger charge is -2.15. The van der Waals surface area contributed by atoms with E-state index in [1.807, 2.05) is 48.9 Å². The average molecular weight is 433 g/mol. The second kappa shape index (κ2) is 9.21. The zero-order valence-electron chi connectivity index (χ0n) is 19.1. The van der Waals surface area contributed by atoms with Gasteiger partial charge in [-0.1, -0.05) is 0 Å². The van der Waals surface area contributed by atoms with Crippen LogP contribution in [-0.2, 0) is 6.54 Å². The largest absolute Gasteiger partial charge is 0.481 e. The molecule has 166 valence electrons. The van der Waals surface area contributed by atoms with Gasteiger partial charge >= 0.3 is 0 Å². The summed E-state index contributed by atoms with van der Waals surface area (Å²) in [6.45, 7) is 9.30. The lowest BCUT2D eigenvalue weighted by molar-refractivity contribution is 0.328. The molecule has 8 nitrogen and oxygen atoms in total. The fourth-order valence-corrected chi connectivity index (χ4v) is 3.63. The van der Waals surface area contributed by atoms with E-state index in [0.717, 1.165) is 39.2 Å². The minimum absolute atomic E-state index is 0.192. The van der Waals surface area contributed by atoms with E-state index < -0.39 is 0 Å². The molecule has 0 aromatic carbocycles. The number of hydrogen-bond donors (Lipinski definition) is 1. The molecule has 32 heavy (non-hydrogen) atoms. The third-order valence-electron chi connectivity index (χ3n) is 5.13. The average Bonchev–Trinajstić information content (AvgIpc) is 3.15. The molecule has 4 heterocycles. The van der Waals surface area contributed by atoms with E-state index in [9.17, 15) is 0 Å². The Morgan fingerprint density at radius 1 is 1.12 bits per heavy atom. The smallest absolute Gasteiger partial charge is 0.222 e. The van der Waals surface area contributed by atoms with E-state index in [1.165, 1.54) is 0 Å². The highest BCUT2D eigenvalue weighted by Crippen LogP contribution is 2.34. The Balaban J connectivity index is 1.83. The van der Waals surface area contributed by atoms with Crippen molar-refractivity contribution >= 4 is 16.7 Å². The first kappa shape index (κ1) is 21.5. The standard InChI is InChI=1S/C24H28N6O2/c1-6-32-24-18(8-7-10-26-24)19-13-20(27-14-17-9-11-25-21(12-17)31-5)23-22(28-19)16(4)29-30(23)15(2)3/h7-13,15H,6,14H2,1-5H3,(H,27,28). The molecule has 0 fully saturated rings. The number of rotatable bonds is 8. The summed E-state index contributed by atoms with van der Waals surface area (Å²) in [5, 5.41) is 8.34. The van der Waals surface area contributed by atoms with Crippen LogP contribution in [0.4, 0.5) is 5.69 Å². The number of methoxy groups -OCH3 is 1. The van der Waals surface area contributed by atoms with Crippen molar-refractivity contribution in [3.63, 3.8) is 0 Å². The first-order chi connectivity index (χ1) is 15.5. The molecule has 1 N–H and O–H groups in total. The van der Waals surface area contributed by atoms with Gasteiger partial charge in [-0.15, -0.1) is 0 Å². The zero-order valence-corrected chi connectivity index (χ0v) is 19.1. The lowest BCUT2D eigenvalue weighted by atomic mass is 10.1. The highest BCUT2D eigenvalue weighted by Gasteiger charge is 2.19. The number of anilines is 1. The molecular weight excluding hydrogens is 404 g/mol. The summed E-state index contributed by atoms with van der Waals surface area (Å²) in [6, 6.07) is 9.99. The number of aryl methyl sites for hydroxylation is 1. The first-order valence-corrected chi connectivity index (χ1v) is 10.7. The summed E-state index contributed by atoms with van der Waals surface area (Å²) < 4.78 is 13.0.